The average Bonchev–Trinajstić information content (AvgIpc) is 3.17. The predicted molar refractivity (Wildman–Crippen MR) is 108 cm³/mol. The first-order valence-corrected chi connectivity index (χ1v) is 9.82. The maximum absolute atomic E-state index is 12.9. The number of likely N-dealkylation sites (N-methyl/N-ethyl adjacent to an activating group) is 1. The van der Waals surface area contributed by atoms with Crippen molar-refractivity contribution in [2.24, 2.45) is 0 Å². The number of amides is 1. The molecule has 0 bridgehead atoms. The van der Waals surface area contributed by atoms with E-state index in [4.69, 9.17) is 9.47 Å². The van der Waals surface area contributed by atoms with Crippen molar-refractivity contribution in [1.82, 2.24) is 9.88 Å². The first-order valence-electron chi connectivity index (χ1n) is 9.82. The molecule has 1 aromatic carbocycles. The number of benzene rings is 1. The molecule has 0 N–H and O–H groups in total. The Morgan fingerprint density at radius 1 is 1.21 bits per heavy atom. The molecule has 6 heteroatoms. The number of carbonyl (C=O) groups excluding carboxylic acids is 1. The summed E-state index contributed by atoms with van der Waals surface area (Å²) in [6, 6.07) is 14.3. The molecule has 2 aliphatic rings. The summed E-state index contributed by atoms with van der Waals surface area (Å²) in [6.07, 6.45) is 4.36. The molecule has 1 atom stereocenters. The zero-order chi connectivity index (χ0) is 19.6. The molecule has 28 heavy (non-hydrogen) atoms. The third kappa shape index (κ3) is 3.56. The summed E-state index contributed by atoms with van der Waals surface area (Å²) >= 11 is 0. The largest absolute Gasteiger partial charge is 0.480 e. The Morgan fingerprint density at radius 3 is 2.68 bits per heavy atom. The minimum absolute atomic E-state index is 0.0178. The van der Waals surface area contributed by atoms with Gasteiger partial charge in [0.25, 0.3) is 5.91 Å². The molecular weight excluding hydrogens is 354 g/mol. The Kier molecular flexibility index (Phi) is 5.22. The van der Waals surface area contributed by atoms with Crippen molar-refractivity contribution in [2.45, 2.75) is 30.9 Å². The molecule has 0 saturated carbocycles. The Hall–Kier alpha value is -2.60. The van der Waals surface area contributed by atoms with Gasteiger partial charge in [0.1, 0.15) is 5.56 Å². The van der Waals surface area contributed by atoms with Crippen molar-refractivity contribution < 1.29 is 14.3 Å². The number of hydrogen-bond donors (Lipinski definition) is 0. The fourth-order valence-corrected chi connectivity index (χ4v) is 4.30. The van der Waals surface area contributed by atoms with E-state index in [1.807, 2.05) is 11.0 Å². The lowest BCUT2D eigenvalue weighted by atomic mass is 9.87. The molecule has 0 unspecified atom stereocenters. The summed E-state index contributed by atoms with van der Waals surface area (Å²) in [5, 5.41) is 0. The van der Waals surface area contributed by atoms with Crippen LogP contribution in [0.5, 0.6) is 5.88 Å². The van der Waals surface area contributed by atoms with Gasteiger partial charge in [0, 0.05) is 32.0 Å². The molecule has 1 amide bonds. The Morgan fingerprint density at radius 2 is 1.96 bits per heavy atom. The highest BCUT2D eigenvalue weighted by molar-refractivity contribution is 5.96. The second kappa shape index (κ2) is 7.80. The van der Waals surface area contributed by atoms with E-state index in [-0.39, 0.29) is 11.5 Å². The molecule has 6 nitrogen and oxygen atoms in total. The standard InChI is InChI=1S/C22H27N3O3/c1-24(17-7-4-3-5-8-17)18-15-22(28-16-18)10-13-25(14-11-22)21(26)19-9-6-12-23-20(19)27-2/h3-9,12,18H,10-11,13-16H2,1-2H3/t18-/m0/s1. The number of likely N-dealkylation sites (tertiary alicyclic amines) is 1. The Labute approximate surface area is 166 Å². The molecule has 1 aromatic heterocycles. The van der Waals surface area contributed by atoms with E-state index in [0.29, 0.717) is 30.6 Å². The van der Waals surface area contributed by atoms with Gasteiger partial charge in [0.15, 0.2) is 0 Å². The molecule has 4 rings (SSSR count). The normalized spacial score (nSPS) is 20.9. The number of nitrogens with zero attached hydrogens (tertiary/aromatic N) is 3. The monoisotopic (exact) mass is 381 g/mol. The van der Waals surface area contributed by atoms with E-state index >= 15 is 0 Å². The summed E-state index contributed by atoms with van der Waals surface area (Å²) in [5.74, 6) is 0.366. The van der Waals surface area contributed by atoms with Gasteiger partial charge in [0.2, 0.25) is 5.88 Å². The number of aromatic nitrogens is 1. The minimum atomic E-state index is -0.122. The zero-order valence-corrected chi connectivity index (χ0v) is 16.5. The van der Waals surface area contributed by atoms with Crippen LogP contribution in [0.25, 0.3) is 0 Å². The fraction of sp³-hybridized carbons (Fsp3) is 0.455. The molecule has 0 radical (unpaired) electrons. The molecule has 2 fully saturated rings. The van der Waals surface area contributed by atoms with Crippen LogP contribution in [-0.4, -0.2) is 61.3 Å². The lowest BCUT2D eigenvalue weighted by Gasteiger charge is -2.39. The van der Waals surface area contributed by atoms with Crippen molar-refractivity contribution in [3.05, 3.63) is 54.2 Å². The van der Waals surface area contributed by atoms with E-state index in [1.54, 1.807) is 25.4 Å². The lowest BCUT2D eigenvalue weighted by Crippen LogP contribution is -2.47. The van der Waals surface area contributed by atoms with Gasteiger partial charge < -0.3 is 19.3 Å². The van der Waals surface area contributed by atoms with Crippen LogP contribution in [0.2, 0.25) is 0 Å². The molecule has 1 spiro atoms. The van der Waals surface area contributed by atoms with E-state index in [9.17, 15) is 4.79 Å². The average molecular weight is 381 g/mol. The van der Waals surface area contributed by atoms with Crippen LogP contribution in [0, 0.1) is 0 Å². The third-order valence-corrected chi connectivity index (χ3v) is 6.06. The van der Waals surface area contributed by atoms with E-state index < -0.39 is 0 Å². The summed E-state index contributed by atoms with van der Waals surface area (Å²) in [6.45, 7) is 2.12. The first-order chi connectivity index (χ1) is 13.6. The fourth-order valence-electron chi connectivity index (χ4n) is 4.30. The van der Waals surface area contributed by atoms with Gasteiger partial charge in [-0.3, -0.25) is 4.79 Å². The highest BCUT2D eigenvalue weighted by atomic mass is 16.5. The number of piperidine rings is 1. The second-order valence-corrected chi connectivity index (χ2v) is 7.65. The molecule has 2 saturated heterocycles. The molecule has 3 heterocycles. The molecule has 148 valence electrons. The highest BCUT2D eigenvalue weighted by Gasteiger charge is 2.44. The topological polar surface area (TPSA) is 54.9 Å². The van der Waals surface area contributed by atoms with Crippen molar-refractivity contribution in [3.8, 4) is 5.88 Å². The van der Waals surface area contributed by atoms with E-state index in [2.05, 4.69) is 41.2 Å². The third-order valence-electron chi connectivity index (χ3n) is 6.06. The van der Waals surface area contributed by atoms with Crippen LogP contribution in [0.4, 0.5) is 5.69 Å². The van der Waals surface area contributed by atoms with Crippen LogP contribution < -0.4 is 9.64 Å². The smallest absolute Gasteiger partial charge is 0.259 e. The Bertz CT molecular complexity index is 819. The first kappa shape index (κ1) is 18.7. The maximum atomic E-state index is 12.9. The van der Waals surface area contributed by atoms with E-state index in [1.165, 1.54) is 5.69 Å². The minimum Gasteiger partial charge on any atom is -0.480 e. The van der Waals surface area contributed by atoms with Crippen molar-refractivity contribution in [2.75, 3.05) is 38.8 Å². The number of methoxy groups -OCH3 is 1. The molecular formula is C22H27N3O3. The quantitative estimate of drug-likeness (QED) is 0.815. The Balaban J connectivity index is 1.38. The molecule has 2 aliphatic heterocycles. The van der Waals surface area contributed by atoms with Crippen LogP contribution >= 0.6 is 0 Å². The number of anilines is 1. The van der Waals surface area contributed by atoms with Gasteiger partial charge in [0.05, 0.1) is 25.4 Å². The highest BCUT2D eigenvalue weighted by Crippen LogP contribution is 2.38. The summed E-state index contributed by atoms with van der Waals surface area (Å²) < 4.78 is 11.5. The van der Waals surface area contributed by atoms with Crippen molar-refractivity contribution >= 4 is 11.6 Å². The summed E-state index contributed by atoms with van der Waals surface area (Å²) in [4.78, 5) is 21.2. The number of rotatable bonds is 4. The lowest BCUT2D eigenvalue weighted by molar-refractivity contribution is -0.0389. The number of carbonyl (C=O) groups is 1. The van der Waals surface area contributed by atoms with Crippen LogP contribution in [0.15, 0.2) is 48.7 Å². The van der Waals surface area contributed by atoms with Gasteiger partial charge in [-0.05, 0) is 43.5 Å². The van der Waals surface area contributed by atoms with E-state index in [0.717, 1.165) is 25.9 Å². The number of pyridine rings is 1. The van der Waals surface area contributed by atoms with Crippen LogP contribution in [0.3, 0.4) is 0 Å². The van der Waals surface area contributed by atoms with Gasteiger partial charge in [-0.2, -0.15) is 0 Å². The SMILES string of the molecule is COc1ncccc1C(=O)N1CCC2(CC1)C[C@H](N(C)c1ccccc1)CO2. The predicted octanol–water partition coefficient (Wildman–Crippen LogP) is 2.99. The summed E-state index contributed by atoms with van der Waals surface area (Å²) in [7, 11) is 3.68. The van der Waals surface area contributed by atoms with Crippen LogP contribution in [-0.2, 0) is 4.74 Å². The van der Waals surface area contributed by atoms with Gasteiger partial charge >= 0.3 is 0 Å². The van der Waals surface area contributed by atoms with Gasteiger partial charge in [-0.15, -0.1) is 0 Å². The van der Waals surface area contributed by atoms with Crippen LogP contribution in [0.1, 0.15) is 29.6 Å². The number of hydrogen-bond acceptors (Lipinski definition) is 5. The summed E-state index contributed by atoms with van der Waals surface area (Å²) in [5.41, 5.74) is 1.61. The molecule has 2 aromatic rings. The van der Waals surface area contributed by atoms with Crippen molar-refractivity contribution in [3.63, 3.8) is 0 Å². The van der Waals surface area contributed by atoms with Gasteiger partial charge in [-0.1, -0.05) is 18.2 Å². The van der Waals surface area contributed by atoms with Crippen molar-refractivity contribution in [1.29, 1.82) is 0 Å². The number of para-hydroxylation sites is 1. The zero-order valence-electron chi connectivity index (χ0n) is 16.5. The maximum Gasteiger partial charge on any atom is 0.259 e. The number of ether oxygens (including phenoxy) is 2. The van der Waals surface area contributed by atoms with Gasteiger partial charge in [-0.25, -0.2) is 4.98 Å². The molecule has 0 aliphatic carbocycles. The second-order valence-electron chi connectivity index (χ2n) is 7.65.